The molecule has 1 rings (SSSR count). The molecule has 9 nitrogen and oxygen atoms in total. The molecule has 0 unspecified atom stereocenters. The van der Waals surface area contributed by atoms with E-state index in [1.807, 2.05) is 0 Å². The maximum absolute atomic E-state index is 11.4. The SMILES string of the molecule is CCOC(=O)[C@@H](O)[C@H](O)C1([N+](=O)[O-])COC(C)(C)OC1. The molecule has 0 aromatic carbocycles. The van der Waals surface area contributed by atoms with Gasteiger partial charge >= 0.3 is 5.97 Å². The minimum atomic E-state index is -2.12. The average molecular weight is 293 g/mol. The zero-order valence-corrected chi connectivity index (χ0v) is 11.6. The molecule has 1 aliphatic rings. The van der Waals surface area contributed by atoms with E-state index >= 15 is 0 Å². The third-order valence-corrected chi connectivity index (χ3v) is 3.08. The van der Waals surface area contributed by atoms with Gasteiger partial charge in [-0.1, -0.05) is 0 Å². The highest BCUT2D eigenvalue weighted by molar-refractivity contribution is 5.75. The standard InChI is InChI=1S/C11H19NO8/c1-4-18-9(15)7(13)8(14)11(12(16)17)5-19-10(2,3)20-6-11/h7-8,13-14H,4-6H2,1-3H3/t7-,8-/m0/s1. The van der Waals surface area contributed by atoms with E-state index in [2.05, 4.69) is 4.74 Å². The van der Waals surface area contributed by atoms with Crippen molar-refractivity contribution in [1.29, 1.82) is 0 Å². The summed E-state index contributed by atoms with van der Waals surface area (Å²) in [6.07, 6.45) is -4.05. The lowest BCUT2D eigenvalue weighted by Gasteiger charge is -2.40. The Bertz CT molecular complexity index is 373. The van der Waals surface area contributed by atoms with Gasteiger partial charge in [0.2, 0.25) is 0 Å². The van der Waals surface area contributed by atoms with Crippen molar-refractivity contribution in [1.82, 2.24) is 0 Å². The molecule has 1 fully saturated rings. The summed E-state index contributed by atoms with van der Waals surface area (Å²) in [5, 5.41) is 30.9. The molecule has 1 saturated heterocycles. The van der Waals surface area contributed by atoms with Crippen LogP contribution in [-0.2, 0) is 19.0 Å². The average Bonchev–Trinajstić information content (AvgIpc) is 2.37. The number of rotatable bonds is 5. The number of ether oxygens (including phenoxy) is 3. The van der Waals surface area contributed by atoms with Gasteiger partial charge < -0.3 is 24.4 Å². The third-order valence-electron chi connectivity index (χ3n) is 3.08. The van der Waals surface area contributed by atoms with Crippen molar-refractivity contribution in [3.63, 3.8) is 0 Å². The zero-order chi connectivity index (χ0) is 15.6. The summed E-state index contributed by atoms with van der Waals surface area (Å²) in [4.78, 5) is 21.8. The first-order valence-electron chi connectivity index (χ1n) is 6.11. The summed E-state index contributed by atoms with van der Waals surface area (Å²) in [6.45, 7) is 3.62. The molecule has 0 aromatic rings. The van der Waals surface area contributed by atoms with Crippen LogP contribution in [0.1, 0.15) is 20.8 Å². The van der Waals surface area contributed by atoms with E-state index in [-0.39, 0.29) is 6.61 Å². The van der Waals surface area contributed by atoms with Gasteiger partial charge in [-0.25, -0.2) is 4.79 Å². The van der Waals surface area contributed by atoms with E-state index in [1.165, 1.54) is 6.92 Å². The molecule has 0 bridgehead atoms. The van der Waals surface area contributed by atoms with Gasteiger partial charge in [0, 0.05) is 4.92 Å². The number of esters is 1. The Balaban J connectivity index is 2.91. The second-order valence-electron chi connectivity index (χ2n) is 4.98. The summed E-state index contributed by atoms with van der Waals surface area (Å²) in [5.74, 6) is -2.17. The van der Waals surface area contributed by atoms with E-state index in [4.69, 9.17) is 9.47 Å². The summed E-state index contributed by atoms with van der Waals surface area (Å²) >= 11 is 0. The van der Waals surface area contributed by atoms with Crippen molar-refractivity contribution < 1.29 is 34.1 Å². The molecule has 0 spiro atoms. The van der Waals surface area contributed by atoms with Crippen molar-refractivity contribution in [2.45, 2.75) is 44.3 Å². The molecule has 20 heavy (non-hydrogen) atoms. The van der Waals surface area contributed by atoms with Crippen LogP contribution in [0.4, 0.5) is 0 Å². The van der Waals surface area contributed by atoms with Gasteiger partial charge in [-0.15, -0.1) is 0 Å². The van der Waals surface area contributed by atoms with Crippen molar-refractivity contribution in [2.75, 3.05) is 19.8 Å². The number of aliphatic hydroxyl groups excluding tert-OH is 2. The van der Waals surface area contributed by atoms with Gasteiger partial charge in [-0.05, 0) is 20.8 Å². The van der Waals surface area contributed by atoms with Crippen LogP contribution in [0.15, 0.2) is 0 Å². The highest BCUT2D eigenvalue weighted by Crippen LogP contribution is 2.29. The number of hydrogen-bond donors (Lipinski definition) is 2. The number of carbonyl (C=O) groups excluding carboxylic acids is 1. The summed E-state index contributed by atoms with van der Waals surface area (Å²) in [5.41, 5.74) is -2.12. The van der Waals surface area contributed by atoms with Crippen LogP contribution >= 0.6 is 0 Å². The Hall–Kier alpha value is -1.29. The minimum absolute atomic E-state index is 0.0197. The zero-order valence-electron chi connectivity index (χ0n) is 11.6. The molecule has 1 aliphatic heterocycles. The molecule has 0 aromatic heterocycles. The number of hydrogen-bond acceptors (Lipinski definition) is 8. The summed E-state index contributed by atoms with van der Waals surface area (Å²) < 4.78 is 14.9. The number of carbonyl (C=O) groups is 1. The van der Waals surface area contributed by atoms with Crippen LogP contribution in [0.2, 0.25) is 0 Å². The first-order valence-corrected chi connectivity index (χ1v) is 6.11. The van der Waals surface area contributed by atoms with Gasteiger partial charge in [-0.3, -0.25) is 10.1 Å². The fourth-order valence-corrected chi connectivity index (χ4v) is 1.72. The summed E-state index contributed by atoms with van der Waals surface area (Å²) in [7, 11) is 0. The van der Waals surface area contributed by atoms with E-state index in [1.54, 1.807) is 13.8 Å². The summed E-state index contributed by atoms with van der Waals surface area (Å²) in [6, 6.07) is 0. The smallest absolute Gasteiger partial charge is 0.338 e. The fourth-order valence-electron chi connectivity index (χ4n) is 1.72. The molecule has 116 valence electrons. The monoisotopic (exact) mass is 293 g/mol. The van der Waals surface area contributed by atoms with Crippen molar-refractivity contribution in [2.24, 2.45) is 0 Å². The lowest BCUT2D eigenvalue weighted by Crippen LogP contribution is -2.66. The minimum Gasteiger partial charge on any atom is -0.464 e. The topological polar surface area (TPSA) is 128 Å². The van der Waals surface area contributed by atoms with E-state index < -0.39 is 47.6 Å². The Labute approximate surface area is 115 Å². The Morgan fingerprint density at radius 1 is 1.40 bits per heavy atom. The molecule has 0 amide bonds. The maximum Gasteiger partial charge on any atom is 0.338 e. The van der Waals surface area contributed by atoms with Gasteiger partial charge in [0.25, 0.3) is 5.54 Å². The van der Waals surface area contributed by atoms with Crippen LogP contribution < -0.4 is 0 Å². The molecule has 9 heteroatoms. The van der Waals surface area contributed by atoms with Crippen LogP contribution in [0.5, 0.6) is 0 Å². The molecule has 0 aliphatic carbocycles. The second-order valence-corrected chi connectivity index (χ2v) is 4.98. The quantitative estimate of drug-likeness (QED) is 0.378. The first-order chi connectivity index (χ1) is 9.16. The van der Waals surface area contributed by atoms with Gasteiger partial charge in [0.15, 0.2) is 18.0 Å². The highest BCUT2D eigenvalue weighted by atomic mass is 16.7. The predicted octanol–water partition coefficient (Wildman–Crippen LogP) is -0.930. The molecular formula is C11H19NO8. The van der Waals surface area contributed by atoms with E-state index in [0.717, 1.165) is 0 Å². The number of nitro groups is 1. The normalized spacial score (nSPS) is 23.6. The fraction of sp³-hybridized carbons (Fsp3) is 0.909. The number of aliphatic hydroxyl groups is 2. The lowest BCUT2D eigenvalue weighted by molar-refractivity contribution is -0.609. The maximum atomic E-state index is 11.4. The molecule has 2 atom stereocenters. The Morgan fingerprint density at radius 2 is 1.90 bits per heavy atom. The Morgan fingerprint density at radius 3 is 2.30 bits per heavy atom. The van der Waals surface area contributed by atoms with Crippen LogP contribution in [0, 0.1) is 10.1 Å². The molecule has 0 saturated carbocycles. The predicted molar refractivity (Wildman–Crippen MR) is 64.4 cm³/mol. The Kier molecular flexibility index (Phi) is 5.03. The van der Waals surface area contributed by atoms with Crippen LogP contribution in [-0.4, -0.2) is 64.5 Å². The molecule has 1 heterocycles. The van der Waals surface area contributed by atoms with E-state index in [0.29, 0.717) is 0 Å². The molecule has 0 radical (unpaired) electrons. The van der Waals surface area contributed by atoms with Crippen molar-refractivity contribution >= 4 is 5.97 Å². The molecule has 2 N–H and O–H groups in total. The lowest BCUT2D eigenvalue weighted by atomic mass is 9.89. The largest absolute Gasteiger partial charge is 0.464 e. The van der Waals surface area contributed by atoms with Gasteiger partial charge in [0.05, 0.1) is 6.61 Å². The van der Waals surface area contributed by atoms with Crippen LogP contribution in [0.3, 0.4) is 0 Å². The first kappa shape index (κ1) is 16.8. The third kappa shape index (κ3) is 3.23. The van der Waals surface area contributed by atoms with Crippen LogP contribution in [0.25, 0.3) is 0 Å². The molecular weight excluding hydrogens is 274 g/mol. The van der Waals surface area contributed by atoms with E-state index in [9.17, 15) is 25.1 Å². The van der Waals surface area contributed by atoms with Gasteiger partial charge in [-0.2, -0.15) is 0 Å². The van der Waals surface area contributed by atoms with Crippen molar-refractivity contribution in [3.8, 4) is 0 Å². The number of nitrogens with zero attached hydrogens (tertiary/aromatic N) is 1. The van der Waals surface area contributed by atoms with Crippen molar-refractivity contribution in [3.05, 3.63) is 10.1 Å². The highest BCUT2D eigenvalue weighted by Gasteiger charge is 2.59. The second kappa shape index (κ2) is 6.00. The van der Waals surface area contributed by atoms with Gasteiger partial charge in [0.1, 0.15) is 13.2 Å².